The Balaban J connectivity index is 1.75. The van der Waals surface area contributed by atoms with Crippen LogP contribution in [0.4, 0.5) is 4.79 Å². The van der Waals surface area contributed by atoms with Crippen molar-refractivity contribution in [3.63, 3.8) is 0 Å². The Morgan fingerprint density at radius 2 is 2.08 bits per heavy atom. The van der Waals surface area contributed by atoms with E-state index in [1.165, 1.54) is 16.7 Å². The number of carbonyl (C=O) groups excluding carboxylic acids is 2. The van der Waals surface area contributed by atoms with Crippen molar-refractivity contribution in [1.82, 2.24) is 19.8 Å². The second-order valence-corrected chi connectivity index (χ2v) is 7.90. The van der Waals surface area contributed by atoms with E-state index in [9.17, 15) is 14.4 Å². The maximum absolute atomic E-state index is 12.8. The molecule has 0 unspecified atom stereocenters. The van der Waals surface area contributed by atoms with Gasteiger partial charge in [0.1, 0.15) is 0 Å². The van der Waals surface area contributed by atoms with E-state index in [1.54, 1.807) is 10.6 Å². The van der Waals surface area contributed by atoms with Crippen LogP contribution in [0.2, 0.25) is 0 Å². The molecule has 26 heavy (non-hydrogen) atoms. The maximum Gasteiger partial charge on any atom is 0.324 e. The van der Waals surface area contributed by atoms with Crippen LogP contribution in [-0.4, -0.2) is 45.2 Å². The summed E-state index contributed by atoms with van der Waals surface area (Å²) in [6.45, 7) is 3.06. The molecule has 138 valence electrons. The number of urea groups is 1. The highest BCUT2D eigenvalue weighted by Gasteiger charge is 2.27. The van der Waals surface area contributed by atoms with Crippen LogP contribution in [0.5, 0.6) is 0 Å². The van der Waals surface area contributed by atoms with Gasteiger partial charge in [0.2, 0.25) is 5.91 Å². The highest BCUT2D eigenvalue weighted by molar-refractivity contribution is 9.10. The molecule has 0 saturated carbocycles. The average Bonchev–Trinajstić information content (AvgIpc) is 2.94. The number of imide groups is 1. The fourth-order valence-corrected chi connectivity index (χ4v) is 4.08. The number of amides is 3. The molecule has 0 radical (unpaired) electrons. The highest BCUT2D eigenvalue weighted by Crippen LogP contribution is 2.21. The van der Waals surface area contributed by atoms with Gasteiger partial charge in [-0.1, -0.05) is 34.6 Å². The minimum Gasteiger partial charge on any atom is -0.329 e. The van der Waals surface area contributed by atoms with Gasteiger partial charge < -0.3 is 5.32 Å². The first-order valence-corrected chi connectivity index (χ1v) is 10.2. The van der Waals surface area contributed by atoms with Crippen LogP contribution in [0.3, 0.4) is 0 Å². The van der Waals surface area contributed by atoms with Gasteiger partial charge in [-0.05, 0) is 31.0 Å². The van der Waals surface area contributed by atoms with Crippen LogP contribution in [0.25, 0.3) is 10.9 Å². The molecule has 2 aromatic rings. The summed E-state index contributed by atoms with van der Waals surface area (Å²) in [5.41, 5.74) is 0.622. The van der Waals surface area contributed by atoms with Crippen LogP contribution in [0.15, 0.2) is 32.6 Å². The van der Waals surface area contributed by atoms with E-state index < -0.39 is 0 Å². The monoisotopic (exact) mass is 438 g/mol. The van der Waals surface area contributed by atoms with E-state index in [4.69, 9.17) is 0 Å². The minimum absolute atomic E-state index is 0.0465. The molecule has 1 aromatic carbocycles. The molecule has 7 nitrogen and oxygen atoms in total. The molecule has 1 aliphatic heterocycles. The Morgan fingerprint density at radius 3 is 2.77 bits per heavy atom. The topological polar surface area (TPSA) is 84.3 Å². The number of rotatable bonds is 7. The van der Waals surface area contributed by atoms with Gasteiger partial charge in [-0.25, -0.2) is 9.78 Å². The summed E-state index contributed by atoms with van der Waals surface area (Å²) in [6.07, 6.45) is 1.47. The lowest BCUT2D eigenvalue weighted by atomic mass is 10.2. The van der Waals surface area contributed by atoms with E-state index in [2.05, 4.69) is 26.2 Å². The Bertz CT molecular complexity index is 899. The van der Waals surface area contributed by atoms with Crippen LogP contribution in [0, 0.1) is 0 Å². The highest BCUT2D eigenvalue weighted by atomic mass is 79.9. The van der Waals surface area contributed by atoms with Crippen LogP contribution in [0.1, 0.15) is 19.8 Å². The fraction of sp³-hybridized carbons (Fsp3) is 0.412. The zero-order chi connectivity index (χ0) is 18.7. The van der Waals surface area contributed by atoms with Gasteiger partial charge in [0.15, 0.2) is 5.16 Å². The van der Waals surface area contributed by atoms with Crippen LogP contribution < -0.4 is 10.9 Å². The normalized spacial score (nSPS) is 14.3. The van der Waals surface area contributed by atoms with Crippen molar-refractivity contribution in [3.8, 4) is 0 Å². The number of carbonyl (C=O) groups is 2. The van der Waals surface area contributed by atoms with E-state index in [-0.39, 0.29) is 24.0 Å². The SMILES string of the molecule is CCCn1c(SCCCN2C(=O)CNC2=O)nc2ccc(Br)cc2c1=O. The molecule has 1 aromatic heterocycles. The fourth-order valence-electron chi connectivity index (χ4n) is 2.77. The molecule has 0 spiro atoms. The van der Waals surface area contributed by atoms with Gasteiger partial charge in [0, 0.05) is 23.3 Å². The van der Waals surface area contributed by atoms with Gasteiger partial charge in [-0.2, -0.15) is 0 Å². The number of benzene rings is 1. The third-order valence-electron chi connectivity index (χ3n) is 4.02. The van der Waals surface area contributed by atoms with E-state index in [0.717, 1.165) is 10.9 Å². The first-order chi connectivity index (χ1) is 12.5. The zero-order valence-electron chi connectivity index (χ0n) is 14.3. The summed E-state index contributed by atoms with van der Waals surface area (Å²) >= 11 is 4.87. The largest absolute Gasteiger partial charge is 0.329 e. The van der Waals surface area contributed by atoms with Crippen molar-refractivity contribution in [2.75, 3.05) is 18.8 Å². The lowest BCUT2D eigenvalue weighted by molar-refractivity contribution is -0.124. The van der Waals surface area contributed by atoms with Crippen LogP contribution >= 0.6 is 27.7 Å². The van der Waals surface area contributed by atoms with Gasteiger partial charge in [-0.15, -0.1) is 0 Å². The number of fused-ring (bicyclic) bond motifs is 1. The molecular weight excluding hydrogens is 420 g/mol. The third kappa shape index (κ3) is 3.93. The lowest BCUT2D eigenvalue weighted by Gasteiger charge is -2.14. The first kappa shape index (κ1) is 18.9. The summed E-state index contributed by atoms with van der Waals surface area (Å²) in [4.78, 5) is 41.8. The van der Waals surface area contributed by atoms with Gasteiger partial charge >= 0.3 is 6.03 Å². The Hall–Kier alpha value is -1.87. The first-order valence-electron chi connectivity index (χ1n) is 8.42. The molecule has 1 fully saturated rings. The van der Waals surface area contributed by atoms with Gasteiger partial charge in [-0.3, -0.25) is 19.1 Å². The maximum atomic E-state index is 12.8. The number of hydrogen-bond acceptors (Lipinski definition) is 5. The summed E-state index contributed by atoms with van der Waals surface area (Å²) in [6, 6.07) is 5.15. The second kappa shape index (κ2) is 8.22. The standard InChI is InChI=1S/C17H19BrN4O3S/c1-2-6-22-15(24)12-9-11(18)4-5-13(12)20-17(22)26-8-3-7-21-14(23)10-19-16(21)25/h4-5,9H,2-3,6-8,10H2,1H3,(H,19,25). The molecule has 9 heteroatoms. The summed E-state index contributed by atoms with van der Waals surface area (Å²) in [5.74, 6) is 0.465. The van der Waals surface area contributed by atoms with Gasteiger partial charge in [0.05, 0.1) is 17.4 Å². The minimum atomic E-state index is -0.336. The van der Waals surface area contributed by atoms with Crippen molar-refractivity contribution in [1.29, 1.82) is 0 Å². The molecule has 1 aliphatic rings. The number of thioether (sulfide) groups is 1. The molecule has 3 amide bonds. The van der Waals surface area contributed by atoms with Crippen molar-refractivity contribution in [2.45, 2.75) is 31.5 Å². The van der Waals surface area contributed by atoms with Crippen LogP contribution in [-0.2, 0) is 11.3 Å². The number of nitrogens with zero attached hydrogens (tertiary/aromatic N) is 3. The predicted molar refractivity (Wildman–Crippen MR) is 104 cm³/mol. The Morgan fingerprint density at radius 1 is 1.27 bits per heavy atom. The summed E-state index contributed by atoms with van der Waals surface area (Å²) in [7, 11) is 0. The smallest absolute Gasteiger partial charge is 0.324 e. The number of aromatic nitrogens is 2. The van der Waals surface area contributed by atoms with Crippen molar-refractivity contribution < 1.29 is 9.59 Å². The number of hydrogen-bond donors (Lipinski definition) is 1. The predicted octanol–water partition coefficient (Wildman–Crippen LogP) is 2.60. The van der Waals surface area contributed by atoms with Crippen molar-refractivity contribution >= 4 is 50.5 Å². The molecule has 2 heterocycles. The molecule has 3 rings (SSSR count). The molecule has 0 aliphatic carbocycles. The quantitative estimate of drug-likeness (QED) is 0.310. The van der Waals surface area contributed by atoms with Crippen molar-refractivity contribution in [2.24, 2.45) is 0 Å². The third-order valence-corrected chi connectivity index (χ3v) is 5.58. The lowest BCUT2D eigenvalue weighted by Crippen LogP contribution is -2.32. The summed E-state index contributed by atoms with van der Waals surface area (Å²) < 4.78 is 2.55. The second-order valence-electron chi connectivity index (χ2n) is 5.92. The molecular formula is C17H19BrN4O3S. The molecule has 1 saturated heterocycles. The average molecular weight is 439 g/mol. The zero-order valence-corrected chi connectivity index (χ0v) is 16.7. The molecule has 0 atom stereocenters. The van der Waals surface area contributed by atoms with Crippen molar-refractivity contribution in [3.05, 3.63) is 33.0 Å². The summed E-state index contributed by atoms with van der Waals surface area (Å²) in [5, 5.41) is 3.77. The number of nitrogens with one attached hydrogen (secondary N) is 1. The number of halogens is 1. The van der Waals surface area contributed by atoms with E-state index >= 15 is 0 Å². The Kier molecular flexibility index (Phi) is 5.98. The Labute approximate surface area is 163 Å². The molecule has 0 bridgehead atoms. The van der Waals surface area contributed by atoms with Gasteiger partial charge in [0.25, 0.3) is 5.56 Å². The van der Waals surface area contributed by atoms with E-state index in [0.29, 0.717) is 41.3 Å². The molecule has 1 N–H and O–H groups in total. The van der Waals surface area contributed by atoms with E-state index in [1.807, 2.05) is 19.1 Å².